The number of ether oxygens (including phenoxy) is 2. The Morgan fingerprint density at radius 3 is 1.39 bits per heavy atom. The Kier molecular flexibility index (Phi) is 9.37. The van der Waals surface area contributed by atoms with Crippen LogP contribution in [0.3, 0.4) is 0 Å². The molecule has 2 heterocycles. The van der Waals surface area contributed by atoms with Gasteiger partial charge in [-0.1, -0.05) is 0 Å². The standard InChI is InChI=1S/C28H48N2O8/c1-25(2)13-17(14-26(3,4)29(25)9)37-22(33)12-20(19(23(34)35)11-21(31)32)24(36)38-18-15-27(5,6)30(10)28(7,8)16-18/h17-20H,11-16H2,1-10H3,(H,31,32)(H,34,35). The van der Waals surface area contributed by atoms with Crippen LogP contribution >= 0.6 is 0 Å². The number of nitrogens with zero attached hydrogens (tertiary/aromatic N) is 2. The molecule has 0 aromatic rings. The fourth-order valence-electron chi connectivity index (χ4n) is 6.37. The normalized spacial score (nSPS) is 25.2. The molecule has 2 saturated heterocycles. The third kappa shape index (κ3) is 7.46. The van der Waals surface area contributed by atoms with Gasteiger partial charge in [0, 0.05) is 47.8 Å². The van der Waals surface area contributed by atoms with Crippen LogP contribution < -0.4 is 0 Å². The van der Waals surface area contributed by atoms with E-state index in [0.717, 1.165) is 0 Å². The average molecular weight is 541 g/mol. The number of carboxylic acids is 2. The second kappa shape index (κ2) is 11.1. The van der Waals surface area contributed by atoms with Gasteiger partial charge in [0.05, 0.1) is 24.7 Å². The Hall–Kier alpha value is -2.20. The first-order valence-electron chi connectivity index (χ1n) is 13.4. The second-order valence-corrected chi connectivity index (χ2v) is 13.7. The highest BCUT2D eigenvalue weighted by molar-refractivity contribution is 5.87. The zero-order valence-corrected chi connectivity index (χ0v) is 24.8. The van der Waals surface area contributed by atoms with Crippen LogP contribution in [0.4, 0.5) is 0 Å². The number of aliphatic carboxylic acids is 2. The summed E-state index contributed by atoms with van der Waals surface area (Å²) in [5, 5.41) is 19.2. The predicted molar refractivity (Wildman–Crippen MR) is 142 cm³/mol. The van der Waals surface area contributed by atoms with Gasteiger partial charge in [0.2, 0.25) is 0 Å². The van der Waals surface area contributed by atoms with Crippen LogP contribution in [0.15, 0.2) is 0 Å². The van der Waals surface area contributed by atoms with Gasteiger partial charge in [0.25, 0.3) is 0 Å². The van der Waals surface area contributed by atoms with Gasteiger partial charge in [-0.25, -0.2) is 0 Å². The molecule has 10 heteroatoms. The molecule has 2 fully saturated rings. The van der Waals surface area contributed by atoms with Crippen molar-refractivity contribution in [3.63, 3.8) is 0 Å². The minimum Gasteiger partial charge on any atom is -0.481 e. The van der Waals surface area contributed by atoms with Crippen molar-refractivity contribution in [2.45, 2.75) is 128 Å². The molecule has 2 aliphatic heterocycles. The maximum Gasteiger partial charge on any atom is 0.310 e. The Balaban J connectivity index is 2.25. The number of carboxylic acid groups (broad SMARTS) is 2. The van der Waals surface area contributed by atoms with E-state index in [1.807, 2.05) is 41.8 Å². The maximum absolute atomic E-state index is 13.4. The molecule has 0 bridgehead atoms. The lowest BCUT2D eigenvalue weighted by atomic mass is 9.78. The molecule has 0 saturated carbocycles. The molecule has 0 aromatic carbocycles. The van der Waals surface area contributed by atoms with Crippen molar-refractivity contribution in [3.05, 3.63) is 0 Å². The fourth-order valence-corrected chi connectivity index (χ4v) is 6.37. The molecule has 10 nitrogen and oxygen atoms in total. The van der Waals surface area contributed by atoms with Crippen LogP contribution in [0.25, 0.3) is 0 Å². The van der Waals surface area contributed by atoms with Crippen molar-refractivity contribution in [1.29, 1.82) is 0 Å². The number of esters is 2. The van der Waals surface area contributed by atoms with Crippen molar-refractivity contribution >= 4 is 23.9 Å². The summed E-state index contributed by atoms with van der Waals surface area (Å²) in [5.74, 6) is -7.54. The van der Waals surface area contributed by atoms with E-state index in [2.05, 4.69) is 37.5 Å². The lowest BCUT2D eigenvalue weighted by Gasteiger charge is -2.53. The Morgan fingerprint density at radius 2 is 1.05 bits per heavy atom. The zero-order chi connectivity index (χ0) is 29.4. The summed E-state index contributed by atoms with van der Waals surface area (Å²) < 4.78 is 11.6. The minimum atomic E-state index is -1.62. The van der Waals surface area contributed by atoms with E-state index in [4.69, 9.17) is 9.47 Å². The molecule has 38 heavy (non-hydrogen) atoms. The van der Waals surface area contributed by atoms with E-state index in [9.17, 15) is 29.4 Å². The smallest absolute Gasteiger partial charge is 0.310 e. The zero-order valence-electron chi connectivity index (χ0n) is 24.8. The van der Waals surface area contributed by atoms with Gasteiger partial charge in [-0.2, -0.15) is 0 Å². The lowest BCUT2D eigenvalue weighted by molar-refractivity contribution is -0.176. The maximum atomic E-state index is 13.4. The number of piperidine rings is 2. The molecule has 2 atom stereocenters. The van der Waals surface area contributed by atoms with E-state index in [1.165, 1.54) is 0 Å². The van der Waals surface area contributed by atoms with Crippen LogP contribution in [0.2, 0.25) is 0 Å². The molecule has 2 rings (SSSR count). The monoisotopic (exact) mass is 540 g/mol. The molecule has 2 N–H and O–H groups in total. The second-order valence-electron chi connectivity index (χ2n) is 13.7. The first-order valence-corrected chi connectivity index (χ1v) is 13.4. The van der Waals surface area contributed by atoms with Gasteiger partial charge in [-0.3, -0.25) is 29.0 Å². The summed E-state index contributed by atoms with van der Waals surface area (Å²) in [6, 6.07) is 0. The number of rotatable bonds is 9. The lowest BCUT2D eigenvalue weighted by Crippen LogP contribution is -2.60. The van der Waals surface area contributed by atoms with Crippen LogP contribution in [-0.2, 0) is 28.7 Å². The third-order valence-electron chi connectivity index (χ3n) is 9.01. The molecule has 2 aliphatic rings. The van der Waals surface area contributed by atoms with Crippen molar-refractivity contribution in [2.24, 2.45) is 11.8 Å². The van der Waals surface area contributed by atoms with Crippen molar-refractivity contribution in [1.82, 2.24) is 9.80 Å². The molecule has 2 unspecified atom stereocenters. The third-order valence-corrected chi connectivity index (χ3v) is 9.01. The first kappa shape index (κ1) is 32.0. The number of hydrogen-bond acceptors (Lipinski definition) is 8. The SMILES string of the molecule is CN1C(C)(C)CC(OC(=O)CC(C(=O)OC2CC(C)(C)N(C)C(C)(C)C2)C(CC(=O)O)C(=O)O)CC1(C)C. The summed E-state index contributed by atoms with van der Waals surface area (Å²) in [5.41, 5.74) is -1.07. The Morgan fingerprint density at radius 1 is 0.684 bits per heavy atom. The molecular weight excluding hydrogens is 492 g/mol. The molecule has 0 amide bonds. The summed E-state index contributed by atoms with van der Waals surface area (Å²) >= 11 is 0. The van der Waals surface area contributed by atoms with Crippen molar-refractivity contribution < 1.29 is 38.9 Å². The topological polar surface area (TPSA) is 134 Å². The summed E-state index contributed by atoms with van der Waals surface area (Å²) in [6.45, 7) is 16.4. The largest absolute Gasteiger partial charge is 0.481 e. The van der Waals surface area contributed by atoms with Gasteiger partial charge >= 0.3 is 23.9 Å². The van der Waals surface area contributed by atoms with Crippen molar-refractivity contribution in [3.8, 4) is 0 Å². The Bertz CT molecular complexity index is 890. The highest BCUT2D eigenvalue weighted by Crippen LogP contribution is 2.40. The number of hydrogen-bond donors (Lipinski definition) is 2. The first-order chi connectivity index (χ1) is 17.1. The summed E-state index contributed by atoms with van der Waals surface area (Å²) in [7, 11) is 4.04. The number of carbonyl (C=O) groups excluding carboxylic acids is 2. The van der Waals surface area contributed by atoms with E-state index in [1.54, 1.807) is 0 Å². The van der Waals surface area contributed by atoms with E-state index in [0.29, 0.717) is 25.7 Å². The number of carbonyl (C=O) groups is 4. The van der Waals surface area contributed by atoms with E-state index < -0.39 is 60.8 Å². The van der Waals surface area contributed by atoms with Gasteiger partial charge in [0.15, 0.2) is 0 Å². The summed E-state index contributed by atoms with van der Waals surface area (Å²) in [4.78, 5) is 54.5. The molecule has 0 aliphatic carbocycles. The highest BCUT2D eigenvalue weighted by Gasteiger charge is 2.47. The van der Waals surface area contributed by atoms with Crippen LogP contribution in [0.1, 0.15) is 93.9 Å². The van der Waals surface area contributed by atoms with Crippen LogP contribution in [0, 0.1) is 11.8 Å². The van der Waals surface area contributed by atoms with Crippen LogP contribution in [-0.4, -0.2) is 92.3 Å². The van der Waals surface area contributed by atoms with Crippen molar-refractivity contribution in [2.75, 3.05) is 14.1 Å². The molecular formula is C28H48N2O8. The predicted octanol–water partition coefficient (Wildman–Crippen LogP) is 3.56. The van der Waals surface area contributed by atoms with Gasteiger partial charge in [-0.15, -0.1) is 0 Å². The van der Waals surface area contributed by atoms with Gasteiger partial charge in [-0.05, 0) is 69.5 Å². The average Bonchev–Trinajstić information content (AvgIpc) is 2.71. The van der Waals surface area contributed by atoms with Gasteiger partial charge in [0.1, 0.15) is 12.2 Å². The van der Waals surface area contributed by atoms with E-state index >= 15 is 0 Å². The highest BCUT2D eigenvalue weighted by atomic mass is 16.6. The minimum absolute atomic E-state index is 0.244. The van der Waals surface area contributed by atoms with E-state index in [-0.39, 0.29) is 22.2 Å². The molecule has 0 spiro atoms. The fraction of sp³-hybridized carbons (Fsp3) is 0.857. The Labute approximate surface area is 227 Å². The number of likely N-dealkylation sites (tertiary alicyclic amines) is 2. The van der Waals surface area contributed by atoms with Gasteiger partial charge < -0.3 is 19.7 Å². The summed E-state index contributed by atoms with van der Waals surface area (Å²) in [6.07, 6.45) is -0.0960. The molecule has 218 valence electrons. The molecule has 0 aromatic heterocycles. The van der Waals surface area contributed by atoms with Crippen LogP contribution in [0.5, 0.6) is 0 Å². The quantitative estimate of drug-likeness (QED) is 0.418. The molecule has 0 radical (unpaired) electrons.